The smallest absolute Gasteiger partial charge is 0.319 e. The molecular formula is C25H29ClF3N3O3S. The summed E-state index contributed by atoms with van der Waals surface area (Å²) < 4.78 is 67.5. The predicted octanol–water partition coefficient (Wildman–Crippen LogP) is 4.89. The summed E-state index contributed by atoms with van der Waals surface area (Å²) in [5, 5.41) is 3.75. The SMILES string of the molecule is CC(C)C[C@H]1NC2(CCN(S(=O)(=O)c3cccc(Cl)c3)CC2)N(Cc2cccc(C(F)(F)F)c2)C1=O. The molecule has 2 fully saturated rings. The Labute approximate surface area is 214 Å². The predicted molar refractivity (Wildman–Crippen MR) is 131 cm³/mol. The Morgan fingerprint density at radius 1 is 1.11 bits per heavy atom. The summed E-state index contributed by atoms with van der Waals surface area (Å²) >= 11 is 5.99. The Hall–Kier alpha value is -2.14. The van der Waals surface area contributed by atoms with E-state index in [0.717, 1.165) is 12.1 Å². The number of piperidine rings is 1. The maximum absolute atomic E-state index is 13.4. The molecule has 0 saturated carbocycles. The molecule has 1 N–H and O–H groups in total. The second kappa shape index (κ2) is 9.96. The van der Waals surface area contributed by atoms with E-state index in [2.05, 4.69) is 5.32 Å². The number of nitrogens with one attached hydrogen (secondary N) is 1. The first-order valence-corrected chi connectivity index (χ1v) is 13.6. The molecule has 1 spiro atoms. The largest absolute Gasteiger partial charge is 0.416 e. The molecule has 2 heterocycles. The first kappa shape index (κ1) is 26.9. The topological polar surface area (TPSA) is 69.7 Å². The monoisotopic (exact) mass is 543 g/mol. The van der Waals surface area contributed by atoms with Gasteiger partial charge < -0.3 is 4.90 Å². The zero-order valence-electron chi connectivity index (χ0n) is 20.1. The molecule has 0 aliphatic carbocycles. The molecule has 0 bridgehead atoms. The van der Waals surface area contributed by atoms with Gasteiger partial charge in [-0.25, -0.2) is 8.42 Å². The van der Waals surface area contributed by atoms with Crippen LogP contribution in [0.4, 0.5) is 13.2 Å². The minimum atomic E-state index is -4.48. The van der Waals surface area contributed by atoms with Crippen LogP contribution in [0.3, 0.4) is 0 Å². The highest BCUT2D eigenvalue weighted by Gasteiger charge is 2.52. The van der Waals surface area contributed by atoms with Gasteiger partial charge >= 0.3 is 6.18 Å². The van der Waals surface area contributed by atoms with Crippen molar-refractivity contribution in [1.82, 2.24) is 14.5 Å². The Kier molecular flexibility index (Phi) is 7.45. The highest BCUT2D eigenvalue weighted by Crippen LogP contribution is 2.37. The third-order valence-electron chi connectivity index (χ3n) is 6.81. The van der Waals surface area contributed by atoms with E-state index < -0.39 is 33.5 Å². The fraction of sp³-hybridized carbons (Fsp3) is 0.480. The average molecular weight is 544 g/mol. The van der Waals surface area contributed by atoms with Gasteiger partial charge in [0.25, 0.3) is 0 Å². The van der Waals surface area contributed by atoms with Crippen molar-refractivity contribution in [3.05, 3.63) is 64.7 Å². The number of hydrogen-bond acceptors (Lipinski definition) is 4. The van der Waals surface area contributed by atoms with E-state index in [1.165, 1.54) is 22.5 Å². The van der Waals surface area contributed by atoms with Crippen molar-refractivity contribution in [1.29, 1.82) is 0 Å². The van der Waals surface area contributed by atoms with Crippen molar-refractivity contribution in [2.75, 3.05) is 13.1 Å². The summed E-state index contributed by atoms with van der Waals surface area (Å²) in [6, 6.07) is 10.6. The number of alkyl halides is 3. The van der Waals surface area contributed by atoms with Crippen LogP contribution in [0.25, 0.3) is 0 Å². The van der Waals surface area contributed by atoms with Gasteiger partial charge in [0.2, 0.25) is 15.9 Å². The molecule has 2 aliphatic heterocycles. The number of carbonyl (C=O) groups is 1. The van der Waals surface area contributed by atoms with Crippen LogP contribution in [-0.2, 0) is 27.5 Å². The lowest BCUT2D eigenvalue weighted by molar-refractivity contribution is -0.137. The lowest BCUT2D eigenvalue weighted by atomic mass is 9.96. The molecule has 2 aliphatic rings. The number of carbonyl (C=O) groups excluding carboxylic acids is 1. The Morgan fingerprint density at radius 2 is 1.78 bits per heavy atom. The van der Waals surface area contributed by atoms with Gasteiger partial charge in [-0.3, -0.25) is 10.1 Å². The molecule has 1 atom stereocenters. The van der Waals surface area contributed by atoms with Crippen molar-refractivity contribution in [3.8, 4) is 0 Å². The molecule has 2 aromatic carbocycles. The first-order valence-electron chi connectivity index (χ1n) is 11.8. The number of rotatable bonds is 6. The van der Waals surface area contributed by atoms with Crippen LogP contribution in [-0.4, -0.2) is 48.3 Å². The zero-order chi connectivity index (χ0) is 26.3. The lowest BCUT2D eigenvalue weighted by Crippen LogP contribution is -2.59. The van der Waals surface area contributed by atoms with Gasteiger partial charge in [-0.2, -0.15) is 17.5 Å². The maximum atomic E-state index is 13.4. The number of hydrogen-bond donors (Lipinski definition) is 1. The van der Waals surface area contributed by atoms with Crippen LogP contribution >= 0.6 is 11.6 Å². The molecule has 0 unspecified atom stereocenters. The summed E-state index contributed by atoms with van der Waals surface area (Å²) in [6.45, 7) is 4.31. The number of amides is 1. The molecular weight excluding hydrogens is 515 g/mol. The normalized spacial score (nSPS) is 21.0. The van der Waals surface area contributed by atoms with Crippen molar-refractivity contribution >= 4 is 27.5 Å². The molecule has 196 valence electrons. The van der Waals surface area contributed by atoms with Crippen LogP contribution in [0, 0.1) is 5.92 Å². The van der Waals surface area contributed by atoms with Gasteiger partial charge in [0, 0.05) is 24.7 Å². The number of nitrogens with zero attached hydrogens (tertiary/aromatic N) is 2. The number of sulfonamides is 1. The van der Waals surface area contributed by atoms with Crippen molar-refractivity contribution in [2.45, 2.75) is 62.4 Å². The fourth-order valence-corrected chi connectivity index (χ4v) is 6.78. The minimum Gasteiger partial charge on any atom is -0.319 e. The van der Waals surface area contributed by atoms with Crippen LogP contribution in [0.2, 0.25) is 5.02 Å². The van der Waals surface area contributed by atoms with Crippen molar-refractivity contribution < 1.29 is 26.4 Å². The minimum absolute atomic E-state index is 0.00535. The average Bonchev–Trinajstić information content (AvgIpc) is 3.04. The van der Waals surface area contributed by atoms with E-state index in [9.17, 15) is 26.4 Å². The fourth-order valence-electron chi connectivity index (χ4n) is 5.04. The second-order valence-electron chi connectivity index (χ2n) is 9.84. The molecule has 0 aromatic heterocycles. The summed E-state index contributed by atoms with van der Waals surface area (Å²) in [5.41, 5.74) is -1.24. The third kappa shape index (κ3) is 5.41. The standard InChI is InChI=1S/C25H29ClF3N3O3S/c1-17(2)13-22-23(33)32(16-18-5-3-6-19(14-18)25(27,28)29)24(30-22)9-11-31(12-10-24)36(34,35)21-8-4-7-20(26)15-21/h3-8,14-15,17,22,30H,9-13,16H2,1-2H3/t22-/m1/s1. The van der Waals surface area contributed by atoms with Gasteiger partial charge in [0.1, 0.15) is 0 Å². The van der Waals surface area contributed by atoms with Crippen LogP contribution in [0.15, 0.2) is 53.4 Å². The van der Waals surface area contributed by atoms with E-state index in [1.807, 2.05) is 13.8 Å². The third-order valence-corrected chi connectivity index (χ3v) is 8.94. The highest BCUT2D eigenvalue weighted by atomic mass is 35.5. The quantitative estimate of drug-likeness (QED) is 0.563. The molecule has 4 rings (SSSR count). The van der Waals surface area contributed by atoms with E-state index >= 15 is 0 Å². The number of halogens is 4. The molecule has 6 nitrogen and oxygen atoms in total. The zero-order valence-corrected chi connectivity index (χ0v) is 21.6. The van der Waals surface area contributed by atoms with Crippen LogP contribution in [0.1, 0.15) is 44.2 Å². The van der Waals surface area contributed by atoms with E-state index in [1.54, 1.807) is 23.1 Å². The van der Waals surface area contributed by atoms with Gasteiger partial charge in [0.15, 0.2) is 0 Å². The van der Waals surface area contributed by atoms with Gasteiger partial charge in [0.05, 0.1) is 22.2 Å². The summed E-state index contributed by atoms with van der Waals surface area (Å²) in [4.78, 5) is 15.1. The van der Waals surface area contributed by atoms with Crippen molar-refractivity contribution in [2.24, 2.45) is 5.92 Å². The van der Waals surface area contributed by atoms with E-state index in [0.29, 0.717) is 29.8 Å². The molecule has 1 amide bonds. The van der Waals surface area contributed by atoms with Crippen LogP contribution < -0.4 is 5.32 Å². The molecule has 2 aromatic rings. The second-order valence-corrected chi connectivity index (χ2v) is 12.2. The highest BCUT2D eigenvalue weighted by molar-refractivity contribution is 7.89. The molecule has 2 saturated heterocycles. The van der Waals surface area contributed by atoms with Crippen LogP contribution in [0.5, 0.6) is 0 Å². The van der Waals surface area contributed by atoms with E-state index in [-0.39, 0.29) is 36.4 Å². The summed E-state index contributed by atoms with van der Waals surface area (Å²) in [6.07, 6.45) is -3.29. The molecule has 36 heavy (non-hydrogen) atoms. The first-order chi connectivity index (χ1) is 16.8. The maximum Gasteiger partial charge on any atom is 0.416 e. The lowest BCUT2D eigenvalue weighted by Gasteiger charge is -2.44. The Balaban J connectivity index is 1.59. The number of benzene rings is 2. The Morgan fingerprint density at radius 3 is 2.39 bits per heavy atom. The van der Waals surface area contributed by atoms with E-state index in [4.69, 9.17) is 11.6 Å². The molecule has 11 heteroatoms. The van der Waals surface area contributed by atoms with Gasteiger partial charge in [-0.05, 0) is 61.1 Å². The van der Waals surface area contributed by atoms with Gasteiger partial charge in [-0.15, -0.1) is 0 Å². The summed E-state index contributed by atoms with van der Waals surface area (Å²) in [7, 11) is -3.78. The van der Waals surface area contributed by atoms with Gasteiger partial charge in [-0.1, -0.05) is 43.6 Å². The summed E-state index contributed by atoms with van der Waals surface area (Å²) in [5.74, 6) is 0.0487. The molecule has 0 radical (unpaired) electrons. The van der Waals surface area contributed by atoms with Crippen molar-refractivity contribution in [3.63, 3.8) is 0 Å². The Bertz CT molecular complexity index is 1230.